The predicted molar refractivity (Wildman–Crippen MR) is 70.7 cm³/mol. The summed E-state index contributed by atoms with van der Waals surface area (Å²) in [6.07, 6.45) is -0.396. The molecule has 1 aromatic carbocycles. The molecule has 100 valence electrons. The van der Waals surface area contributed by atoms with E-state index in [0.29, 0.717) is 13.2 Å². The first-order valence-electron chi connectivity index (χ1n) is 6.09. The molecule has 0 aromatic heterocycles. The van der Waals surface area contributed by atoms with E-state index in [1.807, 2.05) is 45.0 Å². The number of hydrogen-bond donors (Lipinski definition) is 1. The molecule has 0 aliphatic heterocycles. The minimum Gasteiger partial charge on any atom is -0.488 e. The first-order chi connectivity index (χ1) is 8.40. The number of carbonyl (C=O) groups is 1. The zero-order valence-corrected chi connectivity index (χ0v) is 11.4. The molecule has 0 spiro atoms. The van der Waals surface area contributed by atoms with Crippen LogP contribution in [0.2, 0.25) is 0 Å². The van der Waals surface area contributed by atoms with Gasteiger partial charge in [-0.2, -0.15) is 0 Å². The van der Waals surface area contributed by atoms with Gasteiger partial charge in [0.05, 0.1) is 6.61 Å². The molecule has 1 aromatic rings. The topological polar surface area (TPSA) is 47.6 Å². The van der Waals surface area contributed by atoms with Crippen molar-refractivity contribution in [3.63, 3.8) is 0 Å². The van der Waals surface area contributed by atoms with Crippen LogP contribution in [-0.4, -0.2) is 18.3 Å². The average molecular weight is 251 g/mol. The second-order valence-corrected chi connectivity index (χ2v) is 4.93. The number of ether oxygens (including phenoxy) is 2. The van der Waals surface area contributed by atoms with E-state index in [2.05, 4.69) is 5.32 Å². The van der Waals surface area contributed by atoms with E-state index in [4.69, 9.17) is 9.47 Å². The van der Waals surface area contributed by atoms with Crippen LogP contribution >= 0.6 is 0 Å². The van der Waals surface area contributed by atoms with E-state index < -0.39 is 6.09 Å². The van der Waals surface area contributed by atoms with E-state index in [-0.39, 0.29) is 5.60 Å². The van der Waals surface area contributed by atoms with Crippen molar-refractivity contribution in [2.75, 3.05) is 6.61 Å². The molecule has 0 aliphatic carbocycles. The minimum absolute atomic E-state index is 0.204. The van der Waals surface area contributed by atoms with Gasteiger partial charge in [-0.05, 0) is 45.4 Å². The molecule has 0 saturated carbocycles. The van der Waals surface area contributed by atoms with Crippen LogP contribution in [-0.2, 0) is 11.3 Å². The van der Waals surface area contributed by atoms with Gasteiger partial charge in [-0.15, -0.1) is 0 Å². The fraction of sp³-hybridized carbons (Fsp3) is 0.500. The van der Waals surface area contributed by atoms with Gasteiger partial charge in [-0.25, -0.2) is 4.79 Å². The maximum Gasteiger partial charge on any atom is 0.407 e. The van der Waals surface area contributed by atoms with Crippen LogP contribution < -0.4 is 10.1 Å². The third kappa shape index (κ3) is 5.57. The molecule has 1 rings (SSSR count). The fourth-order valence-electron chi connectivity index (χ4n) is 1.39. The zero-order chi connectivity index (χ0) is 13.6. The summed E-state index contributed by atoms with van der Waals surface area (Å²) in [4.78, 5) is 11.1. The molecule has 0 radical (unpaired) electrons. The molecule has 4 nitrogen and oxygen atoms in total. The Morgan fingerprint density at radius 2 is 1.83 bits per heavy atom. The van der Waals surface area contributed by atoms with Gasteiger partial charge in [0.1, 0.15) is 11.4 Å². The Balaban J connectivity index is 2.48. The summed E-state index contributed by atoms with van der Waals surface area (Å²) in [5, 5.41) is 2.67. The van der Waals surface area contributed by atoms with Gasteiger partial charge < -0.3 is 14.8 Å². The highest BCUT2D eigenvalue weighted by atomic mass is 16.5. The lowest BCUT2D eigenvalue weighted by Gasteiger charge is -2.21. The molecule has 0 heterocycles. The van der Waals surface area contributed by atoms with E-state index in [0.717, 1.165) is 11.3 Å². The Morgan fingerprint density at radius 3 is 2.33 bits per heavy atom. The van der Waals surface area contributed by atoms with Crippen LogP contribution in [0.25, 0.3) is 0 Å². The number of rotatable bonds is 4. The molecule has 0 atom stereocenters. The third-order valence-electron chi connectivity index (χ3n) is 2.06. The largest absolute Gasteiger partial charge is 0.488 e. The molecule has 1 amide bonds. The molecular weight excluding hydrogens is 230 g/mol. The lowest BCUT2D eigenvalue weighted by Crippen LogP contribution is -2.24. The van der Waals surface area contributed by atoms with Gasteiger partial charge in [0, 0.05) is 6.54 Å². The third-order valence-corrected chi connectivity index (χ3v) is 2.06. The van der Waals surface area contributed by atoms with Gasteiger partial charge in [0.25, 0.3) is 0 Å². The molecule has 0 saturated heterocycles. The van der Waals surface area contributed by atoms with Crippen molar-refractivity contribution in [3.05, 3.63) is 29.8 Å². The lowest BCUT2D eigenvalue weighted by molar-refractivity contribution is 0.131. The first kappa shape index (κ1) is 14.4. The van der Waals surface area contributed by atoms with Gasteiger partial charge in [0.15, 0.2) is 0 Å². The Kier molecular flexibility index (Phi) is 5.01. The van der Waals surface area contributed by atoms with Crippen LogP contribution in [0.15, 0.2) is 24.3 Å². The van der Waals surface area contributed by atoms with Crippen LogP contribution in [0.4, 0.5) is 4.79 Å². The smallest absolute Gasteiger partial charge is 0.407 e. The molecule has 0 aliphatic rings. The number of amides is 1. The summed E-state index contributed by atoms with van der Waals surface area (Å²) < 4.78 is 10.5. The van der Waals surface area contributed by atoms with Gasteiger partial charge in [0.2, 0.25) is 0 Å². The summed E-state index contributed by atoms with van der Waals surface area (Å²) >= 11 is 0. The number of nitrogens with one attached hydrogen (secondary N) is 1. The quantitative estimate of drug-likeness (QED) is 0.894. The zero-order valence-electron chi connectivity index (χ0n) is 11.4. The van der Waals surface area contributed by atoms with Gasteiger partial charge in [-0.1, -0.05) is 12.1 Å². The summed E-state index contributed by atoms with van der Waals surface area (Å²) in [6, 6.07) is 7.64. The number of benzene rings is 1. The van der Waals surface area contributed by atoms with Crippen LogP contribution in [0, 0.1) is 0 Å². The maximum absolute atomic E-state index is 11.1. The monoisotopic (exact) mass is 251 g/mol. The van der Waals surface area contributed by atoms with Crippen molar-refractivity contribution < 1.29 is 14.3 Å². The molecule has 4 heteroatoms. The fourth-order valence-corrected chi connectivity index (χ4v) is 1.39. The summed E-state index contributed by atoms with van der Waals surface area (Å²) in [7, 11) is 0. The summed E-state index contributed by atoms with van der Waals surface area (Å²) in [5.41, 5.74) is 0.800. The molecule has 18 heavy (non-hydrogen) atoms. The first-order valence-corrected chi connectivity index (χ1v) is 6.09. The SMILES string of the molecule is CCOC(=O)NCc1ccc(OC(C)(C)C)cc1. The minimum atomic E-state index is -0.396. The maximum atomic E-state index is 11.1. The Hall–Kier alpha value is -1.71. The second-order valence-electron chi connectivity index (χ2n) is 4.93. The van der Waals surface area contributed by atoms with E-state index >= 15 is 0 Å². The van der Waals surface area contributed by atoms with Gasteiger partial charge >= 0.3 is 6.09 Å². The highest BCUT2D eigenvalue weighted by Gasteiger charge is 2.11. The van der Waals surface area contributed by atoms with Crippen molar-refractivity contribution in [3.8, 4) is 5.75 Å². The predicted octanol–water partition coefficient (Wildman–Crippen LogP) is 3.11. The van der Waals surface area contributed by atoms with Crippen molar-refractivity contribution in [2.45, 2.75) is 39.8 Å². The molecule has 1 N–H and O–H groups in total. The lowest BCUT2D eigenvalue weighted by atomic mass is 10.1. The van der Waals surface area contributed by atoms with Crippen molar-refractivity contribution in [1.82, 2.24) is 5.32 Å². The average Bonchev–Trinajstić information content (AvgIpc) is 2.26. The Labute approximate surface area is 108 Å². The summed E-state index contributed by atoms with van der Waals surface area (Å²) in [6.45, 7) is 8.62. The van der Waals surface area contributed by atoms with Crippen molar-refractivity contribution >= 4 is 6.09 Å². The van der Waals surface area contributed by atoms with Gasteiger partial charge in [-0.3, -0.25) is 0 Å². The molecule has 0 bridgehead atoms. The summed E-state index contributed by atoms with van der Waals surface area (Å²) in [5.74, 6) is 0.822. The van der Waals surface area contributed by atoms with Crippen molar-refractivity contribution in [1.29, 1.82) is 0 Å². The Morgan fingerprint density at radius 1 is 1.22 bits per heavy atom. The highest BCUT2D eigenvalue weighted by Crippen LogP contribution is 2.18. The van der Waals surface area contributed by atoms with E-state index in [9.17, 15) is 4.79 Å². The van der Waals surface area contributed by atoms with E-state index in [1.165, 1.54) is 0 Å². The number of alkyl carbamates (subject to hydrolysis) is 1. The van der Waals surface area contributed by atoms with E-state index in [1.54, 1.807) is 6.92 Å². The normalized spacial score (nSPS) is 10.9. The molecular formula is C14H21NO3. The number of carbonyl (C=O) groups excluding carboxylic acids is 1. The standard InChI is InChI=1S/C14H21NO3/c1-5-17-13(16)15-10-11-6-8-12(9-7-11)18-14(2,3)4/h6-9H,5,10H2,1-4H3,(H,15,16). The van der Waals surface area contributed by atoms with Crippen LogP contribution in [0.5, 0.6) is 5.75 Å². The van der Waals surface area contributed by atoms with Crippen LogP contribution in [0.1, 0.15) is 33.3 Å². The second kappa shape index (κ2) is 6.28. The number of hydrogen-bond acceptors (Lipinski definition) is 3. The molecule has 0 unspecified atom stereocenters. The van der Waals surface area contributed by atoms with Crippen molar-refractivity contribution in [2.24, 2.45) is 0 Å². The Bertz CT molecular complexity index is 379. The van der Waals surface area contributed by atoms with Crippen LogP contribution in [0.3, 0.4) is 0 Å². The molecule has 0 fully saturated rings. The highest BCUT2D eigenvalue weighted by molar-refractivity contribution is 5.67.